The molecule has 0 spiro atoms. The molecule has 9 heteroatoms. The molecule has 0 amide bonds. The molecule has 16 heavy (non-hydrogen) atoms. The fraction of sp³-hybridized carbons (Fsp3) is 0. The van der Waals surface area contributed by atoms with Crippen LogP contribution in [0.25, 0.3) is 0 Å². The minimum absolute atomic E-state index is 0. The number of hydrogen-bond acceptors (Lipinski definition) is 4. The van der Waals surface area contributed by atoms with E-state index in [0.717, 1.165) is 24.3 Å². The Bertz CT molecular complexity index is 448. The average Bonchev–Trinajstić information content (AvgIpc) is 2.02. The second-order valence-corrected chi connectivity index (χ2v) is 3.74. The first-order valence-corrected chi connectivity index (χ1v) is 4.82. The van der Waals surface area contributed by atoms with Gasteiger partial charge < -0.3 is 11.3 Å². The monoisotopic (exact) mass is 278 g/mol. The zero-order valence-corrected chi connectivity index (χ0v) is 11.8. The summed E-state index contributed by atoms with van der Waals surface area (Å²) in [4.78, 5) is 9.74. The number of ether oxygens (including phenoxy) is 1. The largest absolute Gasteiger partial charge is 1.00 e. The van der Waals surface area contributed by atoms with Gasteiger partial charge in [-0.3, -0.25) is 4.55 Å². The number of carbonyl (C=O) groups is 1. The number of carboxylic acid groups (broad SMARTS) is 1. The van der Waals surface area contributed by atoms with Gasteiger partial charge in [0.1, 0.15) is 5.75 Å². The summed E-state index contributed by atoms with van der Waals surface area (Å²) in [5, 5.41) is 8.21. The van der Waals surface area contributed by atoms with E-state index in [1.807, 2.05) is 0 Å². The Morgan fingerprint density at radius 1 is 1.25 bits per heavy atom. The van der Waals surface area contributed by atoms with Crippen LogP contribution in [-0.2, 0) is 10.1 Å². The van der Waals surface area contributed by atoms with Crippen molar-refractivity contribution < 1.29 is 58.6 Å². The maximum absolute atomic E-state index is 10.6. The van der Waals surface area contributed by atoms with Crippen LogP contribution in [0, 0.1) is 0 Å². The van der Waals surface area contributed by atoms with Gasteiger partial charge in [-0.1, -0.05) is 0 Å². The standard InChI is InChI=1S/C7H6O6S.ClH.Na.H/c8-7(9)13-5-1-3-6(4-2-5)14(10,11)12;;;/h1-4H,(H,8,9)(H,10,11,12);1H;;/q;;+1;-1. The Kier molecular flexibility index (Phi) is 8.02. The molecule has 0 heterocycles. The van der Waals surface area contributed by atoms with Gasteiger partial charge in [0.05, 0.1) is 4.90 Å². The van der Waals surface area contributed by atoms with Crippen LogP contribution in [0.2, 0.25) is 0 Å². The number of benzene rings is 1. The van der Waals surface area contributed by atoms with Crippen molar-refractivity contribution in [2.45, 2.75) is 4.90 Å². The zero-order chi connectivity index (χ0) is 10.8. The minimum Gasteiger partial charge on any atom is -1.00 e. The van der Waals surface area contributed by atoms with Crippen LogP contribution in [0.5, 0.6) is 5.75 Å². The maximum atomic E-state index is 10.6. The normalized spacial score (nSPS) is 9.56. The Morgan fingerprint density at radius 2 is 1.69 bits per heavy atom. The van der Waals surface area contributed by atoms with E-state index in [4.69, 9.17) is 9.66 Å². The summed E-state index contributed by atoms with van der Waals surface area (Å²) < 4.78 is 33.9. The van der Waals surface area contributed by atoms with Gasteiger partial charge in [0, 0.05) is 0 Å². The topological polar surface area (TPSA) is 101 Å². The van der Waals surface area contributed by atoms with Crippen LogP contribution < -0.4 is 34.3 Å². The van der Waals surface area contributed by atoms with Crippen molar-refractivity contribution in [2.24, 2.45) is 0 Å². The van der Waals surface area contributed by atoms with Gasteiger partial charge >= 0.3 is 35.7 Å². The van der Waals surface area contributed by atoms with Crippen molar-refractivity contribution in [3.63, 3.8) is 0 Å². The van der Waals surface area contributed by atoms with Gasteiger partial charge in [-0.15, -0.1) is 12.4 Å². The number of halogens is 1. The number of hydrogen-bond donors (Lipinski definition) is 2. The predicted octanol–water partition coefficient (Wildman–Crippen LogP) is -1.47. The summed E-state index contributed by atoms with van der Waals surface area (Å²) in [5.41, 5.74) is 0. The molecular weight excluding hydrogens is 271 g/mol. The summed E-state index contributed by atoms with van der Waals surface area (Å²) in [7, 11) is -4.25. The molecule has 1 rings (SSSR count). The SMILES string of the molecule is Cl.O=C(O)Oc1ccc(S(=O)(=O)O)cc1.[H-].[Na+]. The van der Waals surface area contributed by atoms with Gasteiger partial charge in [0.2, 0.25) is 0 Å². The van der Waals surface area contributed by atoms with Gasteiger partial charge in [-0.05, 0) is 24.3 Å². The first-order valence-electron chi connectivity index (χ1n) is 3.38. The van der Waals surface area contributed by atoms with Gasteiger partial charge in [0.15, 0.2) is 0 Å². The van der Waals surface area contributed by atoms with Crippen LogP contribution in [-0.4, -0.2) is 24.2 Å². The molecule has 0 aliphatic carbocycles. The van der Waals surface area contributed by atoms with E-state index in [9.17, 15) is 13.2 Å². The molecule has 1 aromatic carbocycles. The summed E-state index contributed by atoms with van der Waals surface area (Å²) >= 11 is 0. The zero-order valence-electron chi connectivity index (χ0n) is 9.15. The molecule has 0 atom stereocenters. The first kappa shape index (κ1) is 18.1. The van der Waals surface area contributed by atoms with E-state index in [2.05, 4.69) is 4.74 Å². The second-order valence-electron chi connectivity index (χ2n) is 2.31. The average molecular weight is 279 g/mol. The third kappa shape index (κ3) is 5.69. The van der Waals surface area contributed by atoms with Crippen LogP contribution in [0.4, 0.5) is 4.79 Å². The molecule has 1 aromatic rings. The van der Waals surface area contributed by atoms with Crippen molar-refractivity contribution in [1.82, 2.24) is 0 Å². The van der Waals surface area contributed by atoms with Crippen molar-refractivity contribution in [1.29, 1.82) is 0 Å². The van der Waals surface area contributed by atoms with Crippen LogP contribution in [0.3, 0.4) is 0 Å². The molecule has 86 valence electrons. The van der Waals surface area contributed by atoms with Gasteiger partial charge in [-0.25, -0.2) is 4.79 Å². The summed E-state index contributed by atoms with van der Waals surface area (Å²) in [6, 6.07) is 4.32. The third-order valence-corrected chi connectivity index (χ3v) is 2.19. The van der Waals surface area contributed by atoms with Crippen LogP contribution in [0.1, 0.15) is 1.43 Å². The Morgan fingerprint density at radius 3 is 2.00 bits per heavy atom. The van der Waals surface area contributed by atoms with Crippen molar-refractivity contribution in [3.8, 4) is 5.75 Å². The summed E-state index contributed by atoms with van der Waals surface area (Å²) in [6.07, 6.45) is -1.50. The quantitative estimate of drug-likeness (QED) is 0.296. The molecule has 0 bridgehead atoms. The molecule has 0 radical (unpaired) electrons. The van der Waals surface area contributed by atoms with Crippen LogP contribution >= 0.6 is 12.4 Å². The Balaban J connectivity index is -0.000000653. The molecule has 0 aromatic heterocycles. The molecule has 6 nitrogen and oxygen atoms in total. The summed E-state index contributed by atoms with van der Waals surface area (Å²) in [6.45, 7) is 0. The fourth-order valence-corrected chi connectivity index (χ4v) is 1.26. The molecule has 2 N–H and O–H groups in total. The molecule has 0 saturated carbocycles. The van der Waals surface area contributed by atoms with Crippen molar-refractivity contribution in [3.05, 3.63) is 24.3 Å². The molecule has 0 aliphatic heterocycles. The Hall–Kier alpha value is -0.310. The second kappa shape index (κ2) is 7.10. The Labute approximate surface area is 122 Å². The third-order valence-electron chi connectivity index (χ3n) is 1.33. The molecule has 0 saturated heterocycles. The van der Waals surface area contributed by atoms with E-state index in [-0.39, 0.29) is 54.0 Å². The van der Waals surface area contributed by atoms with E-state index in [1.165, 1.54) is 0 Å². The van der Waals surface area contributed by atoms with Gasteiger partial charge in [-0.2, -0.15) is 8.42 Å². The van der Waals surface area contributed by atoms with E-state index in [1.54, 1.807) is 0 Å². The van der Waals surface area contributed by atoms with Crippen molar-refractivity contribution >= 4 is 28.7 Å². The molecular formula is C7H8ClNaO6S. The molecule has 0 fully saturated rings. The first-order chi connectivity index (χ1) is 6.39. The molecule has 0 aliphatic rings. The van der Waals surface area contributed by atoms with Crippen molar-refractivity contribution in [2.75, 3.05) is 0 Å². The fourth-order valence-electron chi connectivity index (χ4n) is 0.780. The number of rotatable bonds is 2. The smallest absolute Gasteiger partial charge is 1.00 e. The minimum atomic E-state index is -4.25. The van der Waals surface area contributed by atoms with Crippen LogP contribution in [0.15, 0.2) is 29.2 Å². The van der Waals surface area contributed by atoms with E-state index in [0.29, 0.717) is 0 Å². The predicted molar refractivity (Wildman–Crippen MR) is 53.3 cm³/mol. The van der Waals surface area contributed by atoms with E-state index >= 15 is 0 Å². The van der Waals surface area contributed by atoms with Gasteiger partial charge in [0.25, 0.3) is 10.1 Å². The molecule has 0 unspecified atom stereocenters. The maximum Gasteiger partial charge on any atom is 1.00 e. The summed E-state index contributed by atoms with van der Waals surface area (Å²) in [5.74, 6) is -0.0232. The van der Waals surface area contributed by atoms with E-state index < -0.39 is 16.3 Å².